The van der Waals surface area contributed by atoms with Crippen LogP contribution in [0, 0.1) is 0 Å². The summed E-state index contributed by atoms with van der Waals surface area (Å²) in [6.45, 7) is 0.144. The zero-order chi connectivity index (χ0) is 11.5. The first-order chi connectivity index (χ1) is 7.76. The molecule has 4 heteroatoms. The lowest BCUT2D eigenvalue weighted by Gasteiger charge is -2.28. The smallest absolute Gasteiger partial charge is 0.227 e. The molecule has 1 aliphatic rings. The molecule has 4 nitrogen and oxygen atoms in total. The van der Waals surface area contributed by atoms with Crippen LogP contribution in [0.1, 0.15) is 12.0 Å². The minimum atomic E-state index is 0.0248. The number of rotatable bonds is 3. The molecule has 84 valence electrons. The summed E-state index contributed by atoms with van der Waals surface area (Å²) in [5, 5.41) is 3.06. The highest BCUT2D eigenvalue weighted by Crippen LogP contribution is 2.29. The molecule has 1 heterocycles. The predicted molar refractivity (Wildman–Crippen MR) is 62.7 cm³/mol. The van der Waals surface area contributed by atoms with E-state index in [0.717, 1.165) is 29.6 Å². The maximum Gasteiger partial charge on any atom is 0.227 e. The Balaban J connectivity index is 2.40. The van der Waals surface area contributed by atoms with Gasteiger partial charge in [0.25, 0.3) is 0 Å². The van der Waals surface area contributed by atoms with Gasteiger partial charge in [-0.2, -0.15) is 0 Å². The molecule has 0 spiro atoms. The SMILES string of the molecule is CNc1ccc2c(c1)CCC(=O)N2CC=O. The van der Waals surface area contributed by atoms with Crippen molar-refractivity contribution in [1.29, 1.82) is 0 Å². The third-order valence-electron chi connectivity index (χ3n) is 2.83. The molecule has 0 saturated carbocycles. The van der Waals surface area contributed by atoms with Gasteiger partial charge >= 0.3 is 0 Å². The molecule has 1 aliphatic heterocycles. The van der Waals surface area contributed by atoms with Gasteiger partial charge in [-0.25, -0.2) is 0 Å². The second-order valence-corrected chi connectivity index (χ2v) is 3.76. The first-order valence-electron chi connectivity index (χ1n) is 5.31. The van der Waals surface area contributed by atoms with Gasteiger partial charge in [0, 0.05) is 24.8 Å². The highest BCUT2D eigenvalue weighted by atomic mass is 16.2. The van der Waals surface area contributed by atoms with Gasteiger partial charge < -0.3 is 15.0 Å². The van der Waals surface area contributed by atoms with Crippen molar-refractivity contribution in [2.75, 3.05) is 23.8 Å². The number of amides is 1. The van der Waals surface area contributed by atoms with Crippen molar-refractivity contribution in [3.05, 3.63) is 23.8 Å². The molecule has 2 rings (SSSR count). The molecule has 0 saturated heterocycles. The largest absolute Gasteiger partial charge is 0.388 e. The Morgan fingerprint density at radius 1 is 1.44 bits per heavy atom. The molecule has 1 N–H and O–H groups in total. The zero-order valence-electron chi connectivity index (χ0n) is 9.19. The quantitative estimate of drug-likeness (QED) is 0.776. The lowest BCUT2D eigenvalue weighted by Crippen LogP contribution is -2.36. The van der Waals surface area contributed by atoms with E-state index in [2.05, 4.69) is 5.32 Å². The minimum absolute atomic E-state index is 0.0248. The van der Waals surface area contributed by atoms with Crippen LogP contribution in [0.4, 0.5) is 11.4 Å². The number of hydrogen-bond donors (Lipinski definition) is 1. The van der Waals surface area contributed by atoms with E-state index in [-0.39, 0.29) is 12.5 Å². The average Bonchev–Trinajstić information content (AvgIpc) is 2.32. The molecule has 0 aromatic heterocycles. The van der Waals surface area contributed by atoms with Gasteiger partial charge in [-0.15, -0.1) is 0 Å². The lowest BCUT2D eigenvalue weighted by molar-refractivity contribution is -0.120. The van der Waals surface area contributed by atoms with Crippen molar-refractivity contribution in [2.24, 2.45) is 0 Å². The molecule has 1 aromatic rings. The van der Waals surface area contributed by atoms with Gasteiger partial charge in [0.1, 0.15) is 6.29 Å². The van der Waals surface area contributed by atoms with Crippen LogP contribution in [0.15, 0.2) is 18.2 Å². The van der Waals surface area contributed by atoms with Crippen LogP contribution in [0.3, 0.4) is 0 Å². The van der Waals surface area contributed by atoms with Crippen molar-refractivity contribution in [1.82, 2.24) is 0 Å². The number of benzene rings is 1. The van der Waals surface area contributed by atoms with Crippen LogP contribution in [0.5, 0.6) is 0 Å². The maximum atomic E-state index is 11.7. The standard InChI is InChI=1S/C12H14N2O2/c1-13-10-3-4-11-9(8-10)2-5-12(16)14(11)6-7-15/h3-4,7-8,13H,2,5-6H2,1H3. The highest BCUT2D eigenvalue weighted by molar-refractivity contribution is 5.98. The molecular weight excluding hydrogens is 204 g/mol. The van der Waals surface area contributed by atoms with Crippen LogP contribution in [0.25, 0.3) is 0 Å². The monoisotopic (exact) mass is 218 g/mol. The summed E-state index contributed by atoms with van der Waals surface area (Å²) in [6, 6.07) is 5.83. The van der Waals surface area contributed by atoms with Gasteiger partial charge in [0.2, 0.25) is 5.91 Å². The van der Waals surface area contributed by atoms with E-state index in [1.165, 1.54) is 0 Å². The molecule has 0 unspecified atom stereocenters. The number of nitrogens with one attached hydrogen (secondary N) is 1. The Kier molecular flexibility index (Phi) is 2.90. The Bertz CT molecular complexity index is 429. The molecule has 0 radical (unpaired) electrons. The number of aryl methyl sites for hydroxylation is 1. The van der Waals surface area contributed by atoms with Gasteiger partial charge in [-0.1, -0.05) is 0 Å². The van der Waals surface area contributed by atoms with Gasteiger partial charge in [-0.05, 0) is 30.2 Å². The van der Waals surface area contributed by atoms with Crippen LogP contribution in [-0.4, -0.2) is 25.8 Å². The van der Waals surface area contributed by atoms with E-state index in [0.29, 0.717) is 6.42 Å². The predicted octanol–water partition coefficient (Wildman–Crippen LogP) is 1.21. The number of nitrogens with zero attached hydrogens (tertiary/aromatic N) is 1. The molecule has 1 amide bonds. The van der Waals surface area contributed by atoms with Gasteiger partial charge in [0.15, 0.2) is 0 Å². The number of aldehydes is 1. The average molecular weight is 218 g/mol. The Morgan fingerprint density at radius 3 is 2.94 bits per heavy atom. The number of fused-ring (bicyclic) bond motifs is 1. The van der Waals surface area contributed by atoms with E-state index in [9.17, 15) is 9.59 Å². The Morgan fingerprint density at radius 2 is 2.25 bits per heavy atom. The lowest BCUT2D eigenvalue weighted by atomic mass is 10.0. The normalized spacial score (nSPS) is 14.6. The second kappa shape index (κ2) is 4.35. The number of carbonyl (C=O) groups excluding carboxylic acids is 2. The first-order valence-corrected chi connectivity index (χ1v) is 5.31. The fourth-order valence-corrected chi connectivity index (χ4v) is 1.99. The van der Waals surface area contributed by atoms with E-state index in [1.807, 2.05) is 25.2 Å². The molecule has 16 heavy (non-hydrogen) atoms. The van der Waals surface area contributed by atoms with E-state index in [4.69, 9.17) is 0 Å². The van der Waals surface area contributed by atoms with E-state index < -0.39 is 0 Å². The van der Waals surface area contributed by atoms with Crippen molar-refractivity contribution in [3.63, 3.8) is 0 Å². The highest BCUT2D eigenvalue weighted by Gasteiger charge is 2.23. The first kappa shape index (κ1) is 10.7. The Hall–Kier alpha value is -1.84. The van der Waals surface area contributed by atoms with E-state index >= 15 is 0 Å². The molecule has 1 aromatic carbocycles. The summed E-state index contributed by atoms with van der Waals surface area (Å²) in [6.07, 6.45) is 1.99. The second-order valence-electron chi connectivity index (χ2n) is 3.76. The van der Waals surface area contributed by atoms with Crippen LogP contribution < -0.4 is 10.2 Å². The van der Waals surface area contributed by atoms with Crippen molar-refractivity contribution < 1.29 is 9.59 Å². The summed E-state index contributed by atoms with van der Waals surface area (Å²) >= 11 is 0. The third kappa shape index (κ3) is 1.78. The van der Waals surface area contributed by atoms with Crippen LogP contribution >= 0.6 is 0 Å². The topological polar surface area (TPSA) is 49.4 Å². The summed E-state index contributed by atoms with van der Waals surface area (Å²) in [7, 11) is 1.86. The van der Waals surface area contributed by atoms with Crippen molar-refractivity contribution in [3.8, 4) is 0 Å². The third-order valence-corrected chi connectivity index (χ3v) is 2.83. The maximum absolute atomic E-state index is 11.7. The molecule has 0 aliphatic carbocycles. The van der Waals surface area contributed by atoms with Crippen molar-refractivity contribution in [2.45, 2.75) is 12.8 Å². The molecule has 0 fully saturated rings. The molecular formula is C12H14N2O2. The fourth-order valence-electron chi connectivity index (χ4n) is 1.99. The summed E-state index contributed by atoms with van der Waals surface area (Å²) < 4.78 is 0. The molecule has 0 bridgehead atoms. The summed E-state index contributed by atoms with van der Waals surface area (Å²) in [5.74, 6) is 0.0248. The van der Waals surface area contributed by atoms with Gasteiger partial charge in [-0.3, -0.25) is 4.79 Å². The van der Waals surface area contributed by atoms with Crippen LogP contribution in [-0.2, 0) is 16.0 Å². The van der Waals surface area contributed by atoms with Crippen LogP contribution in [0.2, 0.25) is 0 Å². The number of hydrogen-bond acceptors (Lipinski definition) is 3. The molecule has 0 atom stereocenters. The number of anilines is 2. The van der Waals surface area contributed by atoms with Crippen molar-refractivity contribution >= 4 is 23.6 Å². The number of carbonyl (C=O) groups is 2. The van der Waals surface area contributed by atoms with E-state index in [1.54, 1.807) is 4.90 Å². The summed E-state index contributed by atoms with van der Waals surface area (Å²) in [5.41, 5.74) is 3.01. The fraction of sp³-hybridized carbons (Fsp3) is 0.333. The zero-order valence-corrected chi connectivity index (χ0v) is 9.19. The van der Waals surface area contributed by atoms with Gasteiger partial charge in [0.05, 0.1) is 6.54 Å². The summed E-state index contributed by atoms with van der Waals surface area (Å²) in [4.78, 5) is 23.7. The Labute approximate surface area is 94.2 Å². The minimum Gasteiger partial charge on any atom is -0.388 e.